The molecule has 2 N–H and O–H groups in total. The van der Waals surface area contributed by atoms with Gasteiger partial charge < -0.3 is 24.1 Å². The van der Waals surface area contributed by atoms with Gasteiger partial charge >= 0.3 is 5.97 Å². The van der Waals surface area contributed by atoms with Gasteiger partial charge in [-0.2, -0.15) is 0 Å². The number of rotatable bonds is 15. The van der Waals surface area contributed by atoms with Crippen LogP contribution in [0.15, 0.2) is 24.3 Å². The highest BCUT2D eigenvalue weighted by Gasteiger charge is 2.43. The number of alkyl halides is 1. The normalized spacial score (nSPS) is 27.4. The number of hydrogen-bond acceptors (Lipinski definition) is 6. The van der Waals surface area contributed by atoms with Gasteiger partial charge in [-0.25, -0.2) is 4.79 Å². The summed E-state index contributed by atoms with van der Waals surface area (Å²) in [5.41, 5.74) is 0. The monoisotopic (exact) mass is 628 g/mol. The Morgan fingerprint density at radius 1 is 1.24 bits per heavy atom. The molecule has 0 spiro atoms. The average molecular weight is 629 g/mol. The van der Waals surface area contributed by atoms with Crippen molar-refractivity contribution in [1.82, 2.24) is 0 Å². The molecule has 0 radical (unpaired) electrons. The number of halogens is 1. The first-order chi connectivity index (χ1) is 19.3. The molecular formula is C32H53ClO6SSi. The highest BCUT2D eigenvalue weighted by molar-refractivity contribution is 7.13. The molecular weight excluding hydrogens is 576 g/mol. The predicted molar refractivity (Wildman–Crippen MR) is 171 cm³/mol. The van der Waals surface area contributed by atoms with Gasteiger partial charge in [0.05, 0.1) is 12.2 Å². The van der Waals surface area contributed by atoms with E-state index in [1.54, 1.807) is 6.07 Å². The largest absolute Gasteiger partial charge is 0.477 e. The molecule has 1 aromatic rings. The van der Waals surface area contributed by atoms with E-state index >= 15 is 0 Å². The zero-order valence-electron chi connectivity index (χ0n) is 25.9. The lowest BCUT2D eigenvalue weighted by Gasteiger charge is -2.38. The molecule has 2 fully saturated rings. The Balaban J connectivity index is 1.56. The van der Waals surface area contributed by atoms with Gasteiger partial charge in [0.1, 0.15) is 4.88 Å². The van der Waals surface area contributed by atoms with E-state index in [0.29, 0.717) is 11.3 Å². The minimum Gasteiger partial charge on any atom is -0.477 e. The molecule has 41 heavy (non-hydrogen) atoms. The maximum Gasteiger partial charge on any atom is 0.345 e. The van der Waals surface area contributed by atoms with Gasteiger partial charge in [-0.05, 0) is 107 Å². The maximum absolute atomic E-state index is 11.2. The fraction of sp³-hybridized carbons (Fsp3) is 0.781. The minimum absolute atomic E-state index is 0.0124. The van der Waals surface area contributed by atoms with Crippen molar-refractivity contribution in [3.63, 3.8) is 0 Å². The summed E-state index contributed by atoms with van der Waals surface area (Å²) in [5, 5.41) is 20.3. The third-order valence-electron chi connectivity index (χ3n) is 9.11. The van der Waals surface area contributed by atoms with Crippen LogP contribution in [0, 0.1) is 11.8 Å². The predicted octanol–water partition coefficient (Wildman–Crippen LogP) is 8.42. The number of thiophene rings is 1. The summed E-state index contributed by atoms with van der Waals surface area (Å²) in [6.45, 7) is 14.2. The van der Waals surface area contributed by atoms with Gasteiger partial charge in [0, 0.05) is 28.9 Å². The molecule has 0 amide bonds. The van der Waals surface area contributed by atoms with E-state index < -0.39 is 20.4 Å². The number of hydrogen-bond donors (Lipinski definition) is 2. The zero-order chi connectivity index (χ0) is 30.2. The number of aliphatic hydroxyl groups is 1. The Kier molecular flexibility index (Phi) is 13.4. The molecule has 1 unspecified atom stereocenters. The molecule has 2 aliphatic rings. The average Bonchev–Trinajstić information content (AvgIpc) is 3.47. The summed E-state index contributed by atoms with van der Waals surface area (Å²) >= 11 is 8.28. The van der Waals surface area contributed by atoms with Gasteiger partial charge in [0.25, 0.3) is 0 Å². The Labute approximate surface area is 257 Å². The van der Waals surface area contributed by atoms with Gasteiger partial charge in [-0.15, -0.1) is 22.9 Å². The minimum atomic E-state index is -1.79. The second-order valence-electron chi connectivity index (χ2n) is 13.5. The van der Waals surface area contributed by atoms with Crippen molar-refractivity contribution in [2.45, 2.75) is 140 Å². The first kappa shape index (κ1) is 34.7. The Bertz CT molecular complexity index is 970. The lowest BCUT2D eigenvalue weighted by Crippen LogP contribution is -2.43. The third kappa shape index (κ3) is 10.7. The molecule has 1 aromatic heterocycles. The molecule has 0 aromatic carbocycles. The molecule has 2 heterocycles. The van der Waals surface area contributed by atoms with E-state index in [0.717, 1.165) is 69.3 Å². The first-order valence-corrected chi connectivity index (χ1v) is 19.7. The van der Waals surface area contributed by atoms with Crippen LogP contribution in [-0.4, -0.2) is 61.1 Å². The van der Waals surface area contributed by atoms with E-state index in [-0.39, 0.29) is 40.7 Å². The van der Waals surface area contributed by atoms with E-state index in [2.05, 4.69) is 46.9 Å². The van der Waals surface area contributed by atoms with Crippen LogP contribution in [-0.2, 0) is 20.3 Å². The second-order valence-corrected chi connectivity index (χ2v) is 20.0. The summed E-state index contributed by atoms with van der Waals surface area (Å²) < 4.78 is 18.8. The second kappa shape index (κ2) is 15.8. The Hall–Kier alpha value is -0.743. The quantitative estimate of drug-likeness (QED) is 0.115. The molecule has 7 atom stereocenters. The van der Waals surface area contributed by atoms with Crippen molar-refractivity contribution in [3.05, 3.63) is 34.0 Å². The molecule has 1 saturated carbocycles. The first-order valence-electron chi connectivity index (χ1n) is 15.5. The number of carboxylic acid groups (broad SMARTS) is 1. The van der Waals surface area contributed by atoms with Crippen molar-refractivity contribution < 1.29 is 28.9 Å². The molecule has 1 aliphatic heterocycles. The van der Waals surface area contributed by atoms with Crippen LogP contribution < -0.4 is 0 Å². The number of carbonyl (C=O) groups is 1. The van der Waals surface area contributed by atoms with E-state index in [1.165, 1.54) is 11.3 Å². The lowest BCUT2D eigenvalue weighted by molar-refractivity contribution is -0.192. The standard InChI is InChI=1S/C32H53ClO6SSi/c1-22(39-41(5,6)32(2,3)4)11-9-12-23(34)16-18-26-25(14-10-13-24-17-19-29(40-24)31(35)36)27(33)21-28(26)38-30-15-7-8-20-37-30/h16-19,22-23,25-28,30,34H,7-15,20-21H2,1-6H3,(H,35,36)/t22-,23+,25-,26-,27-,28-,30?/m1/s1. The van der Waals surface area contributed by atoms with Gasteiger partial charge in [-0.1, -0.05) is 32.9 Å². The number of aliphatic hydroxyl groups excluding tert-OH is 1. The topological polar surface area (TPSA) is 85.2 Å². The number of aromatic carboxylic acids is 1. The maximum atomic E-state index is 11.2. The molecule has 0 bridgehead atoms. The van der Waals surface area contributed by atoms with Gasteiger partial charge in [0.15, 0.2) is 14.6 Å². The van der Waals surface area contributed by atoms with Gasteiger partial charge in [-0.3, -0.25) is 0 Å². The molecule has 1 saturated heterocycles. The molecule has 234 valence electrons. The van der Waals surface area contributed by atoms with Crippen LogP contribution in [0.2, 0.25) is 18.1 Å². The zero-order valence-corrected chi connectivity index (χ0v) is 28.5. The van der Waals surface area contributed by atoms with Crippen LogP contribution in [0.5, 0.6) is 0 Å². The highest BCUT2D eigenvalue weighted by atomic mass is 35.5. The fourth-order valence-electron chi connectivity index (χ4n) is 5.72. The van der Waals surface area contributed by atoms with Crippen molar-refractivity contribution in [1.29, 1.82) is 0 Å². The highest BCUT2D eigenvalue weighted by Crippen LogP contribution is 2.43. The fourth-order valence-corrected chi connectivity index (χ4v) is 8.55. The lowest BCUT2D eigenvalue weighted by atomic mass is 9.88. The Morgan fingerprint density at radius 2 is 2.00 bits per heavy atom. The number of aryl methyl sites for hydroxylation is 1. The van der Waals surface area contributed by atoms with Crippen LogP contribution in [0.3, 0.4) is 0 Å². The third-order valence-corrected chi connectivity index (χ3v) is 15.4. The molecule has 3 rings (SSSR count). The van der Waals surface area contributed by atoms with E-state index in [9.17, 15) is 15.0 Å². The Morgan fingerprint density at radius 3 is 2.63 bits per heavy atom. The van der Waals surface area contributed by atoms with Gasteiger partial charge in [0.2, 0.25) is 0 Å². The van der Waals surface area contributed by atoms with Crippen molar-refractivity contribution in [2.24, 2.45) is 11.8 Å². The van der Waals surface area contributed by atoms with Crippen molar-refractivity contribution in [2.75, 3.05) is 6.61 Å². The molecule has 9 heteroatoms. The van der Waals surface area contributed by atoms with E-state index in [4.69, 9.17) is 25.5 Å². The molecule has 1 aliphatic carbocycles. The van der Waals surface area contributed by atoms with Crippen LogP contribution in [0.25, 0.3) is 0 Å². The summed E-state index contributed by atoms with van der Waals surface area (Å²) in [6, 6.07) is 3.60. The summed E-state index contributed by atoms with van der Waals surface area (Å²) in [5.74, 6) is -0.536. The summed E-state index contributed by atoms with van der Waals surface area (Å²) in [7, 11) is -1.79. The van der Waals surface area contributed by atoms with Crippen LogP contribution in [0.1, 0.15) is 100 Å². The SMILES string of the molecule is C[C@H](CCC[C@H](O)C=C[C@@H]1[C@@H](CCCc2ccc(C(=O)O)s2)[C@H](Cl)C[C@H]1OC1CCCCO1)O[Si](C)(C)C(C)(C)C. The number of ether oxygens (including phenoxy) is 2. The van der Waals surface area contributed by atoms with Crippen molar-refractivity contribution in [3.8, 4) is 0 Å². The van der Waals surface area contributed by atoms with Crippen molar-refractivity contribution >= 4 is 37.2 Å². The van der Waals surface area contributed by atoms with E-state index in [1.807, 2.05) is 12.1 Å². The summed E-state index contributed by atoms with van der Waals surface area (Å²) in [4.78, 5) is 12.7. The summed E-state index contributed by atoms with van der Waals surface area (Å²) in [6.07, 6.45) is 12.6. The number of carboxylic acids is 1. The smallest absolute Gasteiger partial charge is 0.345 e. The molecule has 6 nitrogen and oxygen atoms in total. The van der Waals surface area contributed by atoms with Crippen LogP contribution >= 0.6 is 22.9 Å². The van der Waals surface area contributed by atoms with Crippen LogP contribution in [0.4, 0.5) is 0 Å².